The average molecular weight is 340 g/mol. The molecule has 1 unspecified atom stereocenters. The average Bonchev–Trinajstić information content (AvgIpc) is 2.53. The number of hydrogen-bond acceptors (Lipinski definition) is 4. The molecule has 0 aliphatic heterocycles. The van der Waals surface area contributed by atoms with E-state index in [4.69, 9.17) is 0 Å². The van der Waals surface area contributed by atoms with E-state index in [2.05, 4.69) is 9.24 Å². The molecule has 0 aliphatic rings. The molecule has 122 valence electrons. The molecule has 0 amide bonds. The first kappa shape index (κ1) is 17.9. The van der Waals surface area contributed by atoms with Gasteiger partial charge in [0.2, 0.25) is 0 Å². The number of Topliss-reactive ketones (excluding diaryl/α,β-unsaturated/α-hetero) is 3. The van der Waals surface area contributed by atoms with E-state index in [0.717, 1.165) is 0 Å². The molecular weight excluding hydrogens is 323 g/mol. The highest BCUT2D eigenvalue weighted by Gasteiger charge is 2.13. The van der Waals surface area contributed by atoms with Crippen molar-refractivity contribution in [3.63, 3.8) is 0 Å². The van der Waals surface area contributed by atoms with E-state index in [0.29, 0.717) is 33.4 Å². The third-order valence-electron chi connectivity index (χ3n) is 3.70. The molecule has 0 saturated heterocycles. The van der Waals surface area contributed by atoms with Crippen LogP contribution in [-0.4, -0.2) is 22.9 Å². The van der Waals surface area contributed by atoms with Gasteiger partial charge >= 0.3 is 0 Å². The second-order valence-electron chi connectivity index (χ2n) is 5.63. The van der Waals surface area contributed by atoms with E-state index in [1.54, 1.807) is 30.3 Å². The first-order valence-corrected chi connectivity index (χ1v) is 7.90. The van der Waals surface area contributed by atoms with Gasteiger partial charge in [0.15, 0.2) is 22.9 Å². The van der Waals surface area contributed by atoms with Crippen LogP contribution in [-0.2, 0) is 0 Å². The van der Waals surface area contributed by atoms with Crippen LogP contribution in [0.5, 0.6) is 0 Å². The fraction of sp³-hybridized carbons (Fsp3) is 0.158. The van der Waals surface area contributed by atoms with Crippen LogP contribution >= 0.6 is 9.24 Å². The summed E-state index contributed by atoms with van der Waals surface area (Å²) in [7, 11) is 2.08. The molecule has 1 atom stereocenters. The van der Waals surface area contributed by atoms with Crippen molar-refractivity contribution < 1.29 is 19.2 Å². The van der Waals surface area contributed by atoms with Crippen LogP contribution in [0.15, 0.2) is 36.4 Å². The molecule has 5 heteroatoms. The fourth-order valence-corrected chi connectivity index (χ4v) is 2.51. The van der Waals surface area contributed by atoms with E-state index < -0.39 is 0 Å². The first-order chi connectivity index (χ1) is 11.2. The topological polar surface area (TPSA) is 68.3 Å². The minimum absolute atomic E-state index is 0.163. The Morgan fingerprint density at radius 2 is 0.875 bits per heavy atom. The lowest BCUT2D eigenvalue weighted by atomic mass is 9.94. The summed E-state index contributed by atoms with van der Waals surface area (Å²) >= 11 is 0. The number of benzene rings is 2. The van der Waals surface area contributed by atoms with Crippen molar-refractivity contribution in [2.45, 2.75) is 20.8 Å². The van der Waals surface area contributed by atoms with Crippen LogP contribution in [0, 0.1) is 0 Å². The zero-order chi connectivity index (χ0) is 18.0. The van der Waals surface area contributed by atoms with Gasteiger partial charge in [-0.1, -0.05) is 9.24 Å². The maximum atomic E-state index is 11.7. The maximum Gasteiger partial charge on any atom is 0.178 e. The van der Waals surface area contributed by atoms with E-state index in [9.17, 15) is 19.2 Å². The van der Waals surface area contributed by atoms with E-state index in [1.165, 1.54) is 26.8 Å². The monoisotopic (exact) mass is 340 g/mol. The van der Waals surface area contributed by atoms with Crippen LogP contribution in [0.3, 0.4) is 0 Å². The predicted molar refractivity (Wildman–Crippen MR) is 95.9 cm³/mol. The van der Waals surface area contributed by atoms with Gasteiger partial charge in [-0.3, -0.25) is 19.2 Å². The third-order valence-corrected chi connectivity index (χ3v) is 4.04. The molecule has 24 heavy (non-hydrogen) atoms. The summed E-state index contributed by atoms with van der Waals surface area (Å²) in [4.78, 5) is 46.9. The molecule has 2 aromatic carbocycles. The Balaban J connectivity index is 2.74. The second-order valence-corrected chi connectivity index (χ2v) is 6.16. The summed E-state index contributed by atoms with van der Waals surface area (Å²) < 4.78 is 0. The lowest BCUT2D eigenvalue weighted by Gasteiger charge is -2.10. The van der Waals surface area contributed by atoms with Crippen molar-refractivity contribution >= 4 is 32.1 Å². The molecule has 0 saturated carbocycles. The van der Waals surface area contributed by atoms with E-state index in [-0.39, 0.29) is 22.9 Å². The molecule has 0 bridgehead atoms. The van der Waals surface area contributed by atoms with Crippen molar-refractivity contribution in [1.29, 1.82) is 0 Å². The molecule has 0 spiro atoms. The SMILES string of the molecule is CC(=O)c1cc(C(C)=O)cc(-c2cc(C(C)=O)cc(C(=O)P)c2)c1. The Kier molecular flexibility index (Phi) is 5.20. The maximum absolute atomic E-state index is 11.7. The fourth-order valence-electron chi connectivity index (χ4n) is 2.34. The number of carbonyl (C=O) groups is 4. The molecule has 4 nitrogen and oxygen atoms in total. The molecule has 0 aliphatic carbocycles. The van der Waals surface area contributed by atoms with Gasteiger partial charge in [-0.25, -0.2) is 0 Å². The van der Waals surface area contributed by atoms with E-state index >= 15 is 0 Å². The molecule has 2 aromatic rings. The highest BCUT2D eigenvalue weighted by atomic mass is 31.0. The highest BCUT2D eigenvalue weighted by molar-refractivity contribution is 7.41. The Bertz CT molecular complexity index is 743. The molecular formula is C19H17O4P. The van der Waals surface area contributed by atoms with Crippen molar-refractivity contribution in [1.82, 2.24) is 0 Å². The number of carbonyl (C=O) groups excluding carboxylic acids is 4. The summed E-state index contributed by atoms with van der Waals surface area (Å²) in [5.74, 6) is -0.493. The molecule has 0 fully saturated rings. The Morgan fingerprint density at radius 3 is 1.17 bits per heavy atom. The van der Waals surface area contributed by atoms with Gasteiger partial charge in [0.25, 0.3) is 0 Å². The van der Waals surface area contributed by atoms with Gasteiger partial charge in [0.05, 0.1) is 0 Å². The lowest BCUT2D eigenvalue weighted by molar-refractivity contribution is 0.100. The van der Waals surface area contributed by atoms with Crippen molar-refractivity contribution in [3.8, 4) is 11.1 Å². The van der Waals surface area contributed by atoms with Gasteiger partial charge in [0.1, 0.15) is 0 Å². The van der Waals surface area contributed by atoms with Gasteiger partial charge in [-0.05, 0) is 68.3 Å². The van der Waals surface area contributed by atoms with Crippen molar-refractivity contribution in [3.05, 3.63) is 58.7 Å². The molecule has 0 aromatic heterocycles. The Morgan fingerprint density at radius 1 is 0.583 bits per heavy atom. The zero-order valence-corrected chi connectivity index (χ0v) is 14.8. The molecule has 0 N–H and O–H groups in total. The number of rotatable bonds is 5. The lowest BCUT2D eigenvalue weighted by Crippen LogP contribution is -2.01. The van der Waals surface area contributed by atoms with Crippen LogP contribution in [0.2, 0.25) is 0 Å². The van der Waals surface area contributed by atoms with Gasteiger partial charge < -0.3 is 0 Å². The van der Waals surface area contributed by atoms with Crippen LogP contribution < -0.4 is 0 Å². The highest BCUT2D eigenvalue weighted by Crippen LogP contribution is 2.27. The van der Waals surface area contributed by atoms with Gasteiger partial charge in [-0.2, -0.15) is 0 Å². The van der Waals surface area contributed by atoms with Crippen LogP contribution in [0.25, 0.3) is 11.1 Å². The summed E-state index contributed by atoms with van der Waals surface area (Å²) in [6.45, 7) is 4.27. The molecule has 0 radical (unpaired) electrons. The van der Waals surface area contributed by atoms with E-state index in [1.807, 2.05) is 0 Å². The Labute approximate surface area is 142 Å². The molecule has 0 heterocycles. The third kappa shape index (κ3) is 3.90. The minimum atomic E-state index is -0.242. The standard InChI is InChI=1S/C19H17O4P/c1-10(20)13-4-14(11(2)21)6-16(5-13)17-7-15(12(3)22)8-18(9-17)19(23)24/h4-9H,24H2,1-3H3. The van der Waals surface area contributed by atoms with Gasteiger partial charge in [0, 0.05) is 22.3 Å². The van der Waals surface area contributed by atoms with Gasteiger partial charge in [-0.15, -0.1) is 0 Å². The Hall–Kier alpha value is -2.45. The smallest absolute Gasteiger partial charge is 0.178 e. The van der Waals surface area contributed by atoms with Crippen LogP contribution in [0.4, 0.5) is 0 Å². The van der Waals surface area contributed by atoms with Crippen molar-refractivity contribution in [2.75, 3.05) is 0 Å². The summed E-state index contributed by atoms with van der Waals surface area (Å²) in [5.41, 5.74) is 2.57. The minimum Gasteiger partial charge on any atom is -0.295 e. The predicted octanol–water partition coefficient (Wildman–Crippen LogP) is 3.98. The quantitative estimate of drug-likeness (QED) is 0.610. The van der Waals surface area contributed by atoms with Crippen molar-refractivity contribution in [2.24, 2.45) is 0 Å². The largest absolute Gasteiger partial charge is 0.295 e. The van der Waals surface area contributed by atoms with Crippen LogP contribution in [0.1, 0.15) is 62.2 Å². The number of hydrogen-bond donors (Lipinski definition) is 0. The second kappa shape index (κ2) is 6.98. The first-order valence-electron chi connectivity index (χ1n) is 7.32. The number of ketones is 3. The normalized spacial score (nSPS) is 10.3. The summed E-state index contributed by atoms with van der Waals surface area (Å²) in [5, 5.41) is 0. The summed E-state index contributed by atoms with van der Waals surface area (Å²) in [6.07, 6.45) is 0. The summed E-state index contributed by atoms with van der Waals surface area (Å²) in [6, 6.07) is 9.69. The zero-order valence-electron chi connectivity index (χ0n) is 13.7. The molecule has 2 rings (SSSR count).